The zero-order valence-electron chi connectivity index (χ0n) is 12.2. The van der Waals surface area contributed by atoms with Crippen molar-refractivity contribution in [2.24, 2.45) is 5.41 Å². The van der Waals surface area contributed by atoms with E-state index >= 15 is 0 Å². The van der Waals surface area contributed by atoms with Crippen LogP contribution in [-0.2, 0) is 10.0 Å². The van der Waals surface area contributed by atoms with E-state index < -0.39 is 14.9 Å². The molecular formula is C14H19N3O4S. The van der Waals surface area contributed by atoms with Crippen molar-refractivity contribution < 1.29 is 13.3 Å². The number of nitro benzene ring substituents is 1. The van der Waals surface area contributed by atoms with Gasteiger partial charge in [0, 0.05) is 37.7 Å². The third-order valence-corrected chi connectivity index (χ3v) is 6.45. The molecule has 2 aliphatic heterocycles. The molecule has 0 unspecified atom stereocenters. The topological polar surface area (TPSA) is 92.5 Å². The van der Waals surface area contributed by atoms with Gasteiger partial charge in [-0.3, -0.25) is 10.1 Å². The maximum Gasteiger partial charge on any atom is 0.289 e. The van der Waals surface area contributed by atoms with Crippen LogP contribution in [0, 0.1) is 15.5 Å². The zero-order chi connectivity index (χ0) is 15.8. The second-order valence-electron chi connectivity index (χ2n) is 6.12. The molecule has 0 atom stereocenters. The number of para-hydroxylation sites is 1. The Kier molecular flexibility index (Phi) is 3.92. The van der Waals surface area contributed by atoms with Crippen LogP contribution < -0.4 is 5.32 Å². The van der Waals surface area contributed by atoms with Crippen LogP contribution >= 0.6 is 0 Å². The van der Waals surface area contributed by atoms with Gasteiger partial charge in [0.2, 0.25) is 10.0 Å². The van der Waals surface area contributed by atoms with E-state index in [0.29, 0.717) is 13.1 Å². The molecule has 7 nitrogen and oxygen atoms in total. The Bertz CT molecular complexity index is 685. The van der Waals surface area contributed by atoms with Gasteiger partial charge >= 0.3 is 0 Å². The molecule has 0 aliphatic carbocycles. The molecule has 0 bridgehead atoms. The van der Waals surface area contributed by atoms with Crippen molar-refractivity contribution in [3.8, 4) is 0 Å². The molecule has 0 aromatic heterocycles. The van der Waals surface area contributed by atoms with Gasteiger partial charge in [-0.2, -0.15) is 4.31 Å². The van der Waals surface area contributed by atoms with E-state index in [4.69, 9.17) is 0 Å². The average Bonchev–Trinajstić information content (AvgIpc) is 2.70. The number of nitro groups is 1. The van der Waals surface area contributed by atoms with Gasteiger partial charge in [0.15, 0.2) is 4.90 Å². The summed E-state index contributed by atoms with van der Waals surface area (Å²) in [5.74, 6) is 0. The largest absolute Gasteiger partial charge is 0.315 e. The Balaban J connectivity index is 1.97. The number of rotatable bonds is 3. The molecule has 8 heteroatoms. The van der Waals surface area contributed by atoms with Crippen LogP contribution in [0.15, 0.2) is 29.2 Å². The van der Waals surface area contributed by atoms with Crippen molar-refractivity contribution in [1.82, 2.24) is 9.62 Å². The van der Waals surface area contributed by atoms with Gasteiger partial charge in [0.05, 0.1) is 4.92 Å². The first kappa shape index (κ1) is 15.4. The molecule has 3 rings (SSSR count). The van der Waals surface area contributed by atoms with Crippen LogP contribution in [0.25, 0.3) is 0 Å². The number of hydrogen-bond acceptors (Lipinski definition) is 5. The highest BCUT2D eigenvalue weighted by Crippen LogP contribution is 2.36. The van der Waals surface area contributed by atoms with Crippen LogP contribution in [0.1, 0.15) is 19.3 Å². The van der Waals surface area contributed by atoms with Crippen LogP contribution in [-0.4, -0.2) is 43.8 Å². The lowest BCUT2D eigenvalue weighted by molar-refractivity contribution is -0.387. The van der Waals surface area contributed by atoms with E-state index in [-0.39, 0.29) is 16.0 Å². The number of nitrogens with zero attached hydrogens (tertiary/aromatic N) is 2. The Morgan fingerprint density at radius 3 is 2.59 bits per heavy atom. The van der Waals surface area contributed by atoms with Gasteiger partial charge < -0.3 is 5.32 Å². The second kappa shape index (κ2) is 5.60. The summed E-state index contributed by atoms with van der Waals surface area (Å²) in [5.41, 5.74) is -0.361. The molecule has 1 aromatic carbocycles. The summed E-state index contributed by atoms with van der Waals surface area (Å²) >= 11 is 0. The summed E-state index contributed by atoms with van der Waals surface area (Å²) in [6, 6.07) is 5.57. The molecule has 1 N–H and O–H groups in total. The predicted molar refractivity (Wildman–Crippen MR) is 81.0 cm³/mol. The van der Waals surface area contributed by atoms with Crippen molar-refractivity contribution in [2.45, 2.75) is 24.2 Å². The van der Waals surface area contributed by atoms with Crippen LogP contribution in [0.2, 0.25) is 0 Å². The lowest BCUT2D eigenvalue weighted by Gasteiger charge is -2.44. The number of benzene rings is 1. The normalized spacial score (nSPS) is 22.0. The van der Waals surface area contributed by atoms with E-state index in [1.807, 2.05) is 0 Å². The average molecular weight is 325 g/mol. The third-order valence-electron chi connectivity index (χ3n) is 4.56. The minimum atomic E-state index is -3.84. The minimum Gasteiger partial charge on any atom is -0.315 e. The second-order valence-corrected chi connectivity index (χ2v) is 8.03. The van der Waals surface area contributed by atoms with Crippen molar-refractivity contribution in [1.29, 1.82) is 0 Å². The molecule has 0 radical (unpaired) electrons. The van der Waals surface area contributed by atoms with Gasteiger partial charge in [-0.25, -0.2) is 8.42 Å². The molecule has 0 saturated carbocycles. The first-order chi connectivity index (χ1) is 10.4. The number of nitrogens with one attached hydrogen (secondary N) is 1. The zero-order valence-corrected chi connectivity index (χ0v) is 13.0. The summed E-state index contributed by atoms with van der Waals surface area (Å²) < 4.78 is 27.2. The van der Waals surface area contributed by atoms with E-state index in [1.165, 1.54) is 28.6 Å². The first-order valence-corrected chi connectivity index (χ1v) is 8.83. The summed E-state index contributed by atoms with van der Waals surface area (Å²) in [4.78, 5) is 10.3. The Hall–Kier alpha value is -1.51. The maximum absolute atomic E-state index is 12.9. The standard InChI is InChI=1S/C14H19N3O4S/c18-17(19)12-5-1-2-6-13(12)22(20,21)16-8-4-3-7-14(11-16)9-15-10-14/h1-2,5-6,15H,3-4,7-11H2. The third kappa shape index (κ3) is 2.62. The highest BCUT2D eigenvalue weighted by atomic mass is 32.2. The van der Waals surface area contributed by atoms with Crippen LogP contribution in [0.5, 0.6) is 0 Å². The summed E-state index contributed by atoms with van der Waals surface area (Å²) in [6.07, 6.45) is 2.79. The van der Waals surface area contributed by atoms with Crippen LogP contribution in [0.4, 0.5) is 5.69 Å². The Morgan fingerprint density at radius 2 is 1.95 bits per heavy atom. The fraction of sp³-hybridized carbons (Fsp3) is 0.571. The molecule has 120 valence electrons. The maximum atomic E-state index is 12.9. The number of hydrogen-bond donors (Lipinski definition) is 1. The molecule has 2 heterocycles. The monoisotopic (exact) mass is 325 g/mol. The molecule has 2 aliphatic rings. The fourth-order valence-electron chi connectivity index (χ4n) is 3.26. The lowest BCUT2D eigenvalue weighted by Crippen LogP contribution is -2.58. The molecule has 22 heavy (non-hydrogen) atoms. The summed E-state index contributed by atoms with van der Waals surface area (Å²) in [7, 11) is -3.84. The number of sulfonamides is 1. The van der Waals surface area contributed by atoms with Gasteiger partial charge in [-0.15, -0.1) is 0 Å². The van der Waals surface area contributed by atoms with Crippen molar-refractivity contribution in [3.63, 3.8) is 0 Å². The molecule has 1 spiro atoms. The van der Waals surface area contributed by atoms with Gasteiger partial charge in [-0.05, 0) is 18.9 Å². The van der Waals surface area contributed by atoms with Crippen molar-refractivity contribution >= 4 is 15.7 Å². The minimum absolute atomic E-state index is 0.00682. The lowest BCUT2D eigenvalue weighted by atomic mass is 9.78. The highest BCUT2D eigenvalue weighted by Gasteiger charge is 2.43. The fourth-order valence-corrected chi connectivity index (χ4v) is 5.01. The first-order valence-electron chi connectivity index (χ1n) is 7.39. The summed E-state index contributed by atoms with van der Waals surface area (Å²) in [5, 5.41) is 14.3. The molecule has 1 aromatic rings. The van der Waals surface area contributed by atoms with Crippen molar-refractivity contribution in [3.05, 3.63) is 34.4 Å². The van der Waals surface area contributed by atoms with E-state index in [0.717, 1.165) is 32.4 Å². The smallest absolute Gasteiger partial charge is 0.289 e. The van der Waals surface area contributed by atoms with Crippen LogP contribution in [0.3, 0.4) is 0 Å². The molecule has 2 saturated heterocycles. The van der Waals surface area contributed by atoms with E-state index in [2.05, 4.69) is 5.32 Å². The molecule has 0 amide bonds. The SMILES string of the molecule is O=[N+]([O-])c1ccccc1S(=O)(=O)N1CCCCC2(CNC2)C1. The van der Waals surface area contributed by atoms with E-state index in [1.54, 1.807) is 0 Å². The summed E-state index contributed by atoms with van der Waals surface area (Å²) in [6.45, 7) is 2.50. The Labute approximate surface area is 129 Å². The Morgan fingerprint density at radius 1 is 1.23 bits per heavy atom. The van der Waals surface area contributed by atoms with Crippen molar-refractivity contribution in [2.75, 3.05) is 26.2 Å². The van der Waals surface area contributed by atoms with Gasteiger partial charge in [0.25, 0.3) is 5.69 Å². The van der Waals surface area contributed by atoms with Gasteiger partial charge in [0.1, 0.15) is 0 Å². The highest BCUT2D eigenvalue weighted by molar-refractivity contribution is 7.89. The molecular weight excluding hydrogens is 306 g/mol. The van der Waals surface area contributed by atoms with E-state index in [9.17, 15) is 18.5 Å². The predicted octanol–water partition coefficient (Wildman–Crippen LogP) is 1.36. The quantitative estimate of drug-likeness (QED) is 0.669. The van der Waals surface area contributed by atoms with Gasteiger partial charge in [-0.1, -0.05) is 18.6 Å². The molecule has 2 fully saturated rings.